The van der Waals surface area contributed by atoms with Gasteiger partial charge in [0.1, 0.15) is 5.82 Å². The van der Waals surface area contributed by atoms with Crippen LogP contribution >= 0.6 is 0 Å². The third-order valence-corrected chi connectivity index (χ3v) is 2.27. The number of nitrogen functional groups attached to an aromatic ring is 1. The summed E-state index contributed by atoms with van der Waals surface area (Å²) in [5, 5.41) is 0. The molecule has 0 bridgehead atoms. The highest BCUT2D eigenvalue weighted by molar-refractivity contribution is 5.94. The number of alkyl halides is 2. The van der Waals surface area contributed by atoms with Crippen LogP contribution in [0.25, 0.3) is 0 Å². The molecule has 1 aromatic rings. The Kier molecular flexibility index (Phi) is 4.37. The van der Waals surface area contributed by atoms with Crippen LogP contribution in [0.15, 0.2) is 12.1 Å². The van der Waals surface area contributed by atoms with Gasteiger partial charge in [0.25, 0.3) is 12.3 Å². The lowest BCUT2D eigenvalue weighted by atomic mass is 10.1. The molecule has 1 rings (SSSR count). The number of aryl methyl sites for hydroxylation is 1. The fourth-order valence-electron chi connectivity index (χ4n) is 1.43. The second-order valence-electron chi connectivity index (χ2n) is 3.70. The molecule has 0 aromatic carbocycles. The number of pyridine rings is 1. The number of hydrogen-bond acceptors (Lipinski definition) is 3. The SMILES string of the molecule is CCc1cc(C(=O)N(C)CC(F)F)cc(N)n1. The summed E-state index contributed by atoms with van der Waals surface area (Å²) in [7, 11) is 1.33. The Morgan fingerprint density at radius 3 is 2.71 bits per heavy atom. The van der Waals surface area contributed by atoms with E-state index in [1.54, 1.807) is 6.07 Å². The molecular weight excluding hydrogens is 228 g/mol. The Balaban J connectivity index is 2.91. The van der Waals surface area contributed by atoms with Crippen LogP contribution in [0.3, 0.4) is 0 Å². The predicted octanol–water partition coefficient (Wildman–Crippen LogP) is 1.56. The third kappa shape index (κ3) is 3.65. The molecule has 0 fully saturated rings. The van der Waals surface area contributed by atoms with Gasteiger partial charge in [-0.25, -0.2) is 13.8 Å². The number of hydrogen-bond donors (Lipinski definition) is 1. The zero-order chi connectivity index (χ0) is 13.0. The number of carbonyl (C=O) groups is 1. The van der Waals surface area contributed by atoms with Gasteiger partial charge in [-0.2, -0.15) is 0 Å². The van der Waals surface area contributed by atoms with E-state index in [1.165, 1.54) is 13.1 Å². The van der Waals surface area contributed by atoms with Gasteiger partial charge in [0, 0.05) is 18.3 Å². The molecule has 0 atom stereocenters. The van der Waals surface area contributed by atoms with Gasteiger partial charge in [0.05, 0.1) is 6.54 Å². The maximum Gasteiger partial charge on any atom is 0.255 e. The van der Waals surface area contributed by atoms with Gasteiger partial charge in [-0.15, -0.1) is 0 Å². The molecule has 4 nitrogen and oxygen atoms in total. The van der Waals surface area contributed by atoms with E-state index < -0.39 is 18.9 Å². The van der Waals surface area contributed by atoms with Crippen molar-refractivity contribution in [1.82, 2.24) is 9.88 Å². The monoisotopic (exact) mass is 243 g/mol. The molecule has 0 spiro atoms. The molecule has 0 aliphatic heterocycles. The Labute approximate surface area is 98.4 Å². The number of rotatable bonds is 4. The van der Waals surface area contributed by atoms with Gasteiger partial charge in [0.15, 0.2) is 0 Å². The summed E-state index contributed by atoms with van der Waals surface area (Å²) in [6.07, 6.45) is -1.92. The smallest absolute Gasteiger partial charge is 0.255 e. The number of anilines is 1. The van der Waals surface area contributed by atoms with Crippen LogP contribution in [0.5, 0.6) is 0 Å². The maximum atomic E-state index is 12.2. The van der Waals surface area contributed by atoms with Crippen molar-refractivity contribution in [3.8, 4) is 0 Å². The maximum absolute atomic E-state index is 12.2. The second kappa shape index (κ2) is 5.56. The van der Waals surface area contributed by atoms with Crippen molar-refractivity contribution in [2.75, 3.05) is 19.3 Å². The van der Waals surface area contributed by atoms with E-state index in [0.717, 1.165) is 4.90 Å². The highest BCUT2D eigenvalue weighted by atomic mass is 19.3. The van der Waals surface area contributed by atoms with Crippen LogP contribution in [-0.4, -0.2) is 35.8 Å². The number of carbonyl (C=O) groups excluding carboxylic acids is 1. The van der Waals surface area contributed by atoms with Crippen molar-refractivity contribution in [3.63, 3.8) is 0 Å². The molecule has 94 valence electrons. The predicted molar refractivity (Wildman–Crippen MR) is 61.0 cm³/mol. The van der Waals surface area contributed by atoms with E-state index in [1.807, 2.05) is 6.92 Å². The number of nitrogens with two attached hydrogens (primary N) is 1. The average molecular weight is 243 g/mol. The Bertz CT molecular complexity index is 410. The number of amides is 1. The van der Waals surface area contributed by atoms with E-state index in [9.17, 15) is 13.6 Å². The summed E-state index contributed by atoms with van der Waals surface area (Å²) in [5.41, 5.74) is 6.50. The zero-order valence-electron chi connectivity index (χ0n) is 9.78. The number of halogens is 2. The van der Waals surface area contributed by atoms with Crippen LogP contribution in [-0.2, 0) is 6.42 Å². The highest BCUT2D eigenvalue weighted by Gasteiger charge is 2.16. The van der Waals surface area contributed by atoms with E-state index in [2.05, 4.69) is 4.98 Å². The van der Waals surface area contributed by atoms with Crippen molar-refractivity contribution < 1.29 is 13.6 Å². The van der Waals surface area contributed by atoms with Gasteiger partial charge in [-0.3, -0.25) is 4.79 Å². The van der Waals surface area contributed by atoms with E-state index in [4.69, 9.17) is 5.73 Å². The molecule has 0 unspecified atom stereocenters. The summed E-state index contributed by atoms with van der Waals surface area (Å²) in [4.78, 5) is 16.8. The first kappa shape index (κ1) is 13.3. The number of aromatic nitrogens is 1. The third-order valence-electron chi connectivity index (χ3n) is 2.27. The van der Waals surface area contributed by atoms with Gasteiger partial charge in [-0.1, -0.05) is 6.92 Å². The van der Waals surface area contributed by atoms with E-state index in [-0.39, 0.29) is 11.4 Å². The quantitative estimate of drug-likeness (QED) is 0.873. The Morgan fingerprint density at radius 2 is 2.18 bits per heavy atom. The normalized spacial score (nSPS) is 10.6. The van der Waals surface area contributed by atoms with E-state index >= 15 is 0 Å². The Morgan fingerprint density at radius 1 is 1.53 bits per heavy atom. The Hall–Kier alpha value is -1.72. The van der Waals surface area contributed by atoms with Crippen molar-refractivity contribution >= 4 is 11.7 Å². The summed E-state index contributed by atoms with van der Waals surface area (Å²) in [6, 6.07) is 2.96. The highest BCUT2D eigenvalue weighted by Crippen LogP contribution is 2.11. The van der Waals surface area contributed by atoms with Gasteiger partial charge >= 0.3 is 0 Å². The van der Waals surface area contributed by atoms with Crippen molar-refractivity contribution in [3.05, 3.63) is 23.4 Å². The molecule has 0 aliphatic carbocycles. The summed E-state index contributed by atoms with van der Waals surface area (Å²) < 4.78 is 24.3. The summed E-state index contributed by atoms with van der Waals surface area (Å²) >= 11 is 0. The van der Waals surface area contributed by atoms with Gasteiger partial charge in [-0.05, 0) is 18.6 Å². The fraction of sp³-hybridized carbons (Fsp3) is 0.455. The largest absolute Gasteiger partial charge is 0.384 e. The zero-order valence-corrected chi connectivity index (χ0v) is 9.78. The second-order valence-corrected chi connectivity index (χ2v) is 3.70. The van der Waals surface area contributed by atoms with Gasteiger partial charge < -0.3 is 10.6 Å². The van der Waals surface area contributed by atoms with Crippen molar-refractivity contribution in [1.29, 1.82) is 0 Å². The van der Waals surface area contributed by atoms with Crippen LogP contribution in [0.1, 0.15) is 23.0 Å². The van der Waals surface area contributed by atoms with Crippen LogP contribution in [0.2, 0.25) is 0 Å². The minimum absolute atomic E-state index is 0.221. The summed E-state index contributed by atoms with van der Waals surface area (Å²) in [5.74, 6) is -0.257. The first-order valence-corrected chi connectivity index (χ1v) is 5.24. The lowest BCUT2D eigenvalue weighted by Gasteiger charge is -2.17. The standard InChI is InChI=1S/C11H15F2N3O/c1-3-8-4-7(5-10(14)15-8)11(17)16(2)6-9(12)13/h4-5,9H,3,6H2,1-2H3,(H2,14,15). The lowest BCUT2D eigenvalue weighted by Crippen LogP contribution is -2.31. The molecule has 0 radical (unpaired) electrons. The molecule has 0 aliphatic rings. The molecule has 1 amide bonds. The van der Waals surface area contributed by atoms with Gasteiger partial charge in [0.2, 0.25) is 0 Å². The first-order chi connectivity index (χ1) is 7.93. The lowest BCUT2D eigenvalue weighted by molar-refractivity contribution is 0.0620. The fourth-order valence-corrected chi connectivity index (χ4v) is 1.43. The van der Waals surface area contributed by atoms with Crippen molar-refractivity contribution in [2.24, 2.45) is 0 Å². The molecule has 1 aromatic heterocycles. The first-order valence-electron chi connectivity index (χ1n) is 5.24. The topological polar surface area (TPSA) is 59.2 Å². The molecule has 0 saturated heterocycles. The molecule has 6 heteroatoms. The van der Waals surface area contributed by atoms with Crippen molar-refractivity contribution in [2.45, 2.75) is 19.8 Å². The van der Waals surface area contributed by atoms with Crippen LogP contribution in [0, 0.1) is 0 Å². The molecule has 2 N–H and O–H groups in total. The van der Waals surface area contributed by atoms with E-state index in [0.29, 0.717) is 12.1 Å². The van der Waals surface area contributed by atoms with Crippen LogP contribution < -0.4 is 5.73 Å². The minimum atomic E-state index is -2.55. The number of nitrogens with zero attached hydrogens (tertiary/aromatic N) is 2. The average Bonchev–Trinajstić information content (AvgIpc) is 2.26. The molecule has 1 heterocycles. The molecular formula is C11H15F2N3O. The molecule has 0 saturated carbocycles. The summed E-state index contributed by atoms with van der Waals surface area (Å²) in [6.45, 7) is 1.28. The van der Waals surface area contributed by atoms with Crippen LogP contribution in [0.4, 0.5) is 14.6 Å². The minimum Gasteiger partial charge on any atom is -0.384 e. The molecule has 17 heavy (non-hydrogen) atoms.